The Bertz CT molecular complexity index is 558. The highest BCUT2D eigenvalue weighted by Gasteiger charge is 2.05. The Morgan fingerprint density at radius 1 is 1.21 bits per heavy atom. The lowest BCUT2D eigenvalue weighted by Gasteiger charge is -2.01. The molecular formula is C10H6Br2O2. The van der Waals surface area contributed by atoms with Gasteiger partial charge in [-0.15, -0.1) is 0 Å². The number of benzene rings is 1. The van der Waals surface area contributed by atoms with Crippen molar-refractivity contribution in [1.82, 2.24) is 0 Å². The second-order valence-electron chi connectivity index (χ2n) is 3.02. The number of aryl methyl sites for hydroxylation is 1. The van der Waals surface area contributed by atoms with E-state index in [4.69, 9.17) is 4.42 Å². The van der Waals surface area contributed by atoms with Crippen LogP contribution >= 0.6 is 31.9 Å². The second-order valence-corrected chi connectivity index (χ2v) is 4.79. The molecule has 1 aromatic heterocycles. The molecule has 2 aromatic rings. The molecule has 0 bridgehead atoms. The van der Waals surface area contributed by atoms with E-state index in [1.807, 2.05) is 18.2 Å². The van der Waals surface area contributed by atoms with E-state index < -0.39 is 0 Å². The number of hydrogen-bond donors (Lipinski definition) is 0. The van der Waals surface area contributed by atoms with Crippen molar-refractivity contribution < 1.29 is 4.42 Å². The SMILES string of the molecule is Cc1cc2cc(Br)cc(Br)c2oc1=O. The summed E-state index contributed by atoms with van der Waals surface area (Å²) in [6.45, 7) is 1.74. The van der Waals surface area contributed by atoms with Gasteiger partial charge in [0.1, 0.15) is 0 Å². The topological polar surface area (TPSA) is 30.2 Å². The first-order valence-electron chi connectivity index (χ1n) is 3.97. The maximum atomic E-state index is 11.3. The van der Waals surface area contributed by atoms with E-state index in [1.165, 1.54) is 0 Å². The van der Waals surface area contributed by atoms with Gasteiger partial charge >= 0.3 is 5.63 Å². The minimum Gasteiger partial charge on any atom is -0.421 e. The molecule has 0 saturated heterocycles. The minimum absolute atomic E-state index is 0.291. The highest BCUT2D eigenvalue weighted by Crippen LogP contribution is 2.27. The van der Waals surface area contributed by atoms with Gasteiger partial charge in [-0.2, -0.15) is 0 Å². The van der Waals surface area contributed by atoms with Gasteiger partial charge in [0.05, 0.1) is 4.47 Å². The van der Waals surface area contributed by atoms with Crippen molar-refractivity contribution in [3.05, 3.63) is 43.1 Å². The van der Waals surface area contributed by atoms with Crippen molar-refractivity contribution in [2.75, 3.05) is 0 Å². The molecule has 14 heavy (non-hydrogen) atoms. The summed E-state index contributed by atoms with van der Waals surface area (Å²) in [7, 11) is 0. The molecule has 0 radical (unpaired) electrons. The van der Waals surface area contributed by atoms with E-state index in [0.29, 0.717) is 11.1 Å². The van der Waals surface area contributed by atoms with Crippen molar-refractivity contribution in [1.29, 1.82) is 0 Å². The zero-order valence-corrected chi connectivity index (χ0v) is 10.5. The molecule has 0 fully saturated rings. The van der Waals surface area contributed by atoms with Crippen LogP contribution in [0.25, 0.3) is 11.0 Å². The molecule has 0 aliphatic carbocycles. The standard InChI is InChI=1S/C10H6Br2O2/c1-5-2-6-3-7(11)4-8(12)9(6)14-10(5)13/h2-4H,1H3. The molecule has 1 aromatic carbocycles. The average Bonchev–Trinajstić information content (AvgIpc) is 2.08. The van der Waals surface area contributed by atoms with Crippen LogP contribution in [0, 0.1) is 6.92 Å². The van der Waals surface area contributed by atoms with Crippen LogP contribution in [0.2, 0.25) is 0 Å². The van der Waals surface area contributed by atoms with Crippen LogP contribution in [0.1, 0.15) is 5.56 Å². The molecule has 0 spiro atoms. The Labute approximate surface area is 97.2 Å². The smallest absolute Gasteiger partial charge is 0.339 e. The van der Waals surface area contributed by atoms with E-state index in [9.17, 15) is 4.79 Å². The quantitative estimate of drug-likeness (QED) is 0.695. The Balaban J connectivity index is 2.96. The molecule has 1 heterocycles. The third-order valence-electron chi connectivity index (χ3n) is 1.93. The van der Waals surface area contributed by atoms with Crippen LogP contribution in [0.3, 0.4) is 0 Å². The molecule has 0 aliphatic rings. The van der Waals surface area contributed by atoms with Crippen LogP contribution in [0.5, 0.6) is 0 Å². The maximum Gasteiger partial charge on any atom is 0.339 e. The molecule has 2 rings (SSSR count). The molecule has 4 heteroatoms. The Kier molecular flexibility index (Phi) is 2.49. The lowest BCUT2D eigenvalue weighted by atomic mass is 10.2. The molecule has 0 saturated carbocycles. The van der Waals surface area contributed by atoms with E-state index in [1.54, 1.807) is 6.92 Å². The monoisotopic (exact) mass is 316 g/mol. The second kappa shape index (κ2) is 3.51. The normalized spacial score (nSPS) is 10.8. The molecule has 2 nitrogen and oxygen atoms in total. The fraction of sp³-hybridized carbons (Fsp3) is 0.100. The number of halogens is 2. The first-order chi connectivity index (χ1) is 6.58. The zero-order chi connectivity index (χ0) is 10.3. The van der Waals surface area contributed by atoms with Crippen molar-refractivity contribution in [2.24, 2.45) is 0 Å². The first kappa shape index (κ1) is 9.93. The summed E-state index contributed by atoms with van der Waals surface area (Å²) in [6, 6.07) is 5.58. The van der Waals surface area contributed by atoms with Crippen molar-refractivity contribution in [3.63, 3.8) is 0 Å². The summed E-state index contributed by atoms with van der Waals surface area (Å²) >= 11 is 6.72. The van der Waals surface area contributed by atoms with Crippen LogP contribution in [0.4, 0.5) is 0 Å². The van der Waals surface area contributed by atoms with Gasteiger partial charge in [0.2, 0.25) is 0 Å². The summed E-state index contributed by atoms with van der Waals surface area (Å²) in [5.41, 5.74) is 0.909. The third kappa shape index (κ3) is 1.64. The summed E-state index contributed by atoms with van der Waals surface area (Å²) in [6.07, 6.45) is 0. The number of rotatable bonds is 0. The minimum atomic E-state index is -0.291. The number of hydrogen-bond acceptors (Lipinski definition) is 2. The Morgan fingerprint density at radius 2 is 1.93 bits per heavy atom. The molecule has 72 valence electrons. The largest absolute Gasteiger partial charge is 0.421 e. The van der Waals surface area contributed by atoms with Crippen molar-refractivity contribution in [2.45, 2.75) is 6.92 Å². The van der Waals surface area contributed by atoms with E-state index >= 15 is 0 Å². The summed E-state index contributed by atoms with van der Waals surface area (Å²) in [5, 5.41) is 0.906. The highest BCUT2D eigenvalue weighted by molar-refractivity contribution is 9.11. The maximum absolute atomic E-state index is 11.3. The van der Waals surface area contributed by atoms with Crippen LogP contribution in [-0.4, -0.2) is 0 Å². The summed E-state index contributed by atoms with van der Waals surface area (Å²) in [5.74, 6) is 0. The van der Waals surface area contributed by atoms with Gasteiger partial charge < -0.3 is 4.42 Å². The van der Waals surface area contributed by atoms with E-state index in [2.05, 4.69) is 31.9 Å². The van der Waals surface area contributed by atoms with Gasteiger partial charge in [-0.1, -0.05) is 15.9 Å². The number of fused-ring (bicyclic) bond motifs is 1. The van der Waals surface area contributed by atoms with Gasteiger partial charge in [-0.05, 0) is 41.1 Å². The van der Waals surface area contributed by atoms with Gasteiger partial charge in [0, 0.05) is 15.4 Å². The highest BCUT2D eigenvalue weighted by atomic mass is 79.9. The fourth-order valence-electron chi connectivity index (χ4n) is 1.26. The van der Waals surface area contributed by atoms with Gasteiger partial charge in [-0.25, -0.2) is 4.79 Å². The van der Waals surface area contributed by atoms with Gasteiger partial charge in [0.25, 0.3) is 0 Å². The molecule has 0 unspecified atom stereocenters. The van der Waals surface area contributed by atoms with Crippen LogP contribution in [-0.2, 0) is 0 Å². The Morgan fingerprint density at radius 3 is 2.64 bits per heavy atom. The fourth-order valence-corrected chi connectivity index (χ4v) is 2.60. The third-order valence-corrected chi connectivity index (χ3v) is 2.97. The molecular weight excluding hydrogens is 312 g/mol. The van der Waals surface area contributed by atoms with E-state index in [-0.39, 0.29) is 5.63 Å². The molecule has 0 aliphatic heterocycles. The predicted octanol–water partition coefficient (Wildman–Crippen LogP) is 3.63. The van der Waals surface area contributed by atoms with E-state index in [0.717, 1.165) is 14.3 Å². The van der Waals surface area contributed by atoms with Crippen LogP contribution < -0.4 is 5.63 Å². The predicted molar refractivity (Wildman–Crippen MR) is 62.6 cm³/mol. The lowest BCUT2D eigenvalue weighted by molar-refractivity contribution is 0.553. The van der Waals surface area contributed by atoms with Gasteiger partial charge in [-0.3, -0.25) is 0 Å². The lowest BCUT2D eigenvalue weighted by Crippen LogP contribution is -2.01. The average molecular weight is 318 g/mol. The summed E-state index contributed by atoms with van der Waals surface area (Å²) < 4.78 is 6.88. The zero-order valence-electron chi connectivity index (χ0n) is 7.30. The first-order valence-corrected chi connectivity index (χ1v) is 5.56. The molecule has 0 amide bonds. The summed E-state index contributed by atoms with van der Waals surface area (Å²) in [4.78, 5) is 11.3. The molecule has 0 N–H and O–H groups in total. The van der Waals surface area contributed by atoms with Crippen molar-refractivity contribution >= 4 is 42.8 Å². The molecule has 0 atom stereocenters. The van der Waals surface area contributed by atoms with Crippen LogP contribution in [0.15, 0.2) is 36.4 Å². The van der Waals surface area contributed by atoms with Crippen molar-refractivity contribution in [3.8, 4) is 0 Å². The Hall–Kier alpha value is -0.610. The van der Waals surface area contributed by atoms with Gasteiger partial charge in [0.15, 0.2) is 5.58 Å².